The molecule has 1 amide bonds. The number of aliphatic hydroxyl groups is 1. The first kappa shape index (κ1) is 11.5. The maximum absolute atomic E-state index is 13.0. The normalized spacial score (nSPS) is 12.2. The van der Waals surface area contributed by atoms with Gasteiger partial charge in [-0.25, -0.2) is 4.39 Å². The van der Waals surface area contributed by atoms with Crippen LogP contribution in [0, 0.1) is 5.82 Å². The van der Waals surface area contributed by atoms with Gasteiger partial charge < -0.3 is 16.2 Å². The molecule has 0 aliphatic rings. The van der Waals surface area contributed by atoms with Gasteiger partial charge in [-0.15, -0.1) is 0 Å². The molecule has 0 saturated heterocycles. The van der Waals surface area contributed by atoms with Crippen molar-refractivity contribution >= 4 is 11.6 Å². The Kier molecular flexibility index (Phi) is 3.62. The molecule has 5 heteroatoms. The minimum atomic E-state index is -0.632. The Bertz CT molecular complexity index is 366. The maximum Gasteiger partial charge on any atom is 0.251 e. The summed E-state index contributed by atoms with van der Waals surface area (Å²) in [6.45, 7) is 1.68. The first-order valence-corrected chi connectivity index (χ1v) is 4.52. The molecule has 0 saturated carbocycles. The highest BCUT2D eigenvalue weighted by Gasteiger charge is 2.08. The fourth-order valence-electron chi connectivity index (χ4n) is 1.01. The average Bonchev–Trinajstić information content (AvgIpc) is 2.18. The van der Waals surface area contributed by atoms with Gasteiger partial charge in [-0.3, -0.25) is 4.79 Å². The van der Waals surface area contributed by atoms with Gasteiger partial charge in [0.1, 0.15) is 5.82 Å². The van der Waals surface area contributed by atoms with Crippen molar-refractivity contribution in [3.05, 3.63) is 29.6 Å². The molecule has 4 nitrogen and oxygen atoms in total. The number of rotatable bonds is 3. The number of halogens is 1. The third kappa shape index (κ3) is 3.21. The van der Waals surface area contributed by atoms with Crippen molar-refractivity contribution in [2.45, 2.75) is 13.0 Å². The Labute approximate surface area is 86.9 Å². The second-order valence-corrected chi connectivity index (χ2v) is 3.30. The van der Waals surface area contributed by atoms with Gasteiger partial charge in [0.25, 0.3) is 5.91 Å². The van der Waals surface area contributed by atoms with Crippen LogP contribution in [0.25, 0.3) is 0 Å². The summed E-state index contributed by atoms with van der Waals surface area (Å²) in [5, 5.41) is 11.4. The lowest BCUT2D eigenvalue weighted by molar-refractivity contribution is 0.0923. The van der Waals surface area contributed by atoms with Crippen molar-refractivity contribution in [1.29, 1.82) is 0 Å². The fraction of sp³-hybridized carbons (Fsp3) is 0.300. The Morgan fingerprint density at radius 2 is 2.33 bits per heavy atom. The summed E-state index contributed by atoms with van der Waals surface area (Å²) in [5.74, 6) is -1.06. The Morgan fingerprint density at radius 3 is 2.87 bits per heavy atom. The van der Waals surface area contributed by atoms with Crippen molar-refractivity contribution in [2.75, 3.05) is 12.3 Å². The Morgan fingerprint density at radius 1 is 1.67 bits per heavy atom. The van der Waals surface area contributed by atoms with Crippen LogP contribution < -0.4 is 11.1 Å². The second kappa shape index (κ2) is 4.75. The molecule has 4 N–H and O–H groups in total. The molecular weight excluding hydrogens is 199 g/mol. The van der Waals surface area contributed by atoms with Crippen molar-refractivity contribution in [2.24, 2.45) is 0 Å². The van der Waals surface area contributed by atoms with E-state index < -0.39 is 17.8 Å². The Balaban J connectivity index is 2.70. The SMILES string of the molecule is C[C@H](O)CNC(=O)c1ccc(N)c(F)c1. The van der Waals surface area contributed by atoms with E-state index in [1.165, 1.54) is 12.1 Å². The van der Waals surface area contributed by atoms with Crippen LogP contribution in [0.4, 0.5) is 10.1 Å². The second-order valence-electron chi connectivity index (χ2n) is 3.30. The number of aliphatic hydroxyl groups excluding tert-OH is 1. The van der Waals surface area contributed by atoms with Crippen molar-refractivity contribution in [3.63, 3.8) is 0 Å². The van der Waals surface area contributed by atoms with Gasteiger partial charge in [-0.2, -0.15) is 0 Å². The largest absolute Gasteiger partial charge is 0.396 e. The van der Waals surface area contributed by atoms with Crippen LogP contribution >= 0.6 is 0 Å². The lowest BCUT2D eigenvalue weighted by atomic mass is 10.2. The van der Waals surface area contributed by atoms with Gasteiger partial charge in [0, 0.05) is 12.1 Å². The van der Waals surface area contributed by atoms with E-state index >= 15 is 0 Å². The average molecular weight is 212 g/mol. The molecule has 0 fully saturated rings. The summed E-state index contributed by atoms with van der Waals surface area (Å²) in [7, 11) is 0. The number of nitrogen functional groups attached to an aromatic ring is 1. The van der Waals surface area contributed by atoms with E-state index in [-0.39, 0.29) is 17.8 Å². The van der Waals surface area contributed by atoms with Crippen LogP contribution in [0.1, 0.15) is 17.3 Å². The molecule has 1 aromatic carbocycles. The first-order chi connectivity index (χ1) is 7.00. The van der Waals surface area contributed by atoms with E-state index in [4.69, 9.17) is 10.8 Å². The number of hydrogen-bond acceptors (Lipinski definition) is 3. The minimum absolute atomic E-state index is 0.00192. The number of carbonyl (C=O) groups is 1. The number of anilines is 1. The molecule has 0 radical (unpaired) electrons. The summed E-state index contributed by atoms with van der Waals surface area (Å²) in [6.07, 6.45) is -0.632. The molecule has 0 bridgehead atoms. The quantitative estimate of drug-likeness (QED) is 0.639. The predicted molar refractivity (Wildman–Crippen MR) is 54.8 cm³/mol. The van der Waals surface area contributed by atoms with Crippen molar-refractivity contribution < 1.29 is 14.3 Å². The van der Waals surface area contributed by atoms with E-state index in [1.807, 2.05) is 0 Å². The van der Waals surface area contributed by atoms with Gasteiger partial charge in [-0.1, -0.05) is 0 Å². The third-order valence-corrected chi connectivity index (χ3v) is 1.82. The summed E-state index contributed by atoms with van der Waals surface area (Å²) >= 11 is 0. The van der Waals surface area contributed by atoms with Gasteiger partial charge in [0.05, 0.1) is 11.8 Å². The summed E-state index contributed by atoms with van der Waals surface area (Å²) < 4.78 is 13.0. The summed E-state index contributed by atoms with van der Waals surface area (Å²) in [6, 6.07) is 3.81. The summed E-state index contributed by atoms with van der Waals surface area (Å²) in [5.41, 5.74) is 5.45. The van der Waals surface area contributed by atoms with Crippen LogP contribution in [-0.4, -0.2) is 23.7 Å². The maximum atomic E-state index is 13.0. The molecule has 15 heavy (non-hydrogen) atoms. The van der Waals surface area contributed by atoms with Crippen molar-refractivity contribution in [3.8, 4) is 0 Å². The number of benzene rings is 1. The Hall–Kier alpha value is -1.62. The lowest BCUT2D eigenvalue weighted by Gasteiger charge is -2.07. The zero-order valence-electron chi connectivity index (χ0n) is 8.33. The molecule has 82 valence electrons. The molecule has 0 aliphatic carbocycles. The van der Waals surface area contributed by atoms with Crippen LogP contribution in [0.2, 0.25) is 0 Å². The smallest absolute Gasteiger partial charge is 0.251 e. The number of nitrogens with two attached hydrogens (primary N) is 1. The van der Waals surface area contributed by atoms with Crippen LogP contribution in [0.15, 0.2) is 18.2 Å². The number of amides is 1. The van der Waals surface area contributed by atoms with Crippen LogP contribution in [0.5, 0.6) is 0 Å². The molecule has 1 rings (SSSR count). The minimum Gasteiger partial charge on any atom is -0.396 e. The number of hydrogen-bond donors (Lipinski definition) is 3. The van der Waals surface area contributed by atoms with E-state index in [0.29, 0.717) is 0 Å². The first-order valence-electron chi connectivity index (χ1n) is 4.52. The number of nitrogens with one attached hydrogen (secondary N) is 1. The number of carbonyl (C=O) groups excluding carboxylic acids is 1. The molecule has 0 spiro atoms. The van der Waals surface area contributed by atoms with Crippen molar-refractivity contribution in [1.82, 2.24) is 5.32 Å². The van der Waals surface area contributed by atoms with Gasteiger partial charge >= 0.3 is 0 Å². The standard InChI is InChI=1S/C10H13FN2O2/c1-6(14)5-13-10(15)7-2-3-9(12)8(11)4-7/h2-4,6,14H,5,12H2,1H3,(H,13,15)/t6-/m0/s1. The predicted octanol–water partition coefficient (Wildman–Crippen LogP) is 0.519. The fourth-order valence-corrected chi connectivity index (χ4v) is 1.01. The molecule has 0 heterocycles. The lowest BCUT2D eigenvalue weighted by Crippen LogP contribution is -2.30. The van der Waals surface area contributed by atoms with Crippen LogP contribution in [-0.2, 0) is 0 Å². The molecule has 0 aromatic heterocycles. The molecular formula is C10H13FN2O2. The highest BCUT2D eigenvalue weighted by Crippen LogP contribution is 2.11. The molecule has 1 aromatic rings. The van der Waals surface area contributed by atoms with Gasteiger partial charge in [0.2, 0.25) is 0 Å². The molecule has 0 unspecified atom stereocenters. The van der Waals surface area contributed by atoms with E-state index in [9.17, 15) is 9.18 Å². The monoisotopic (exact) mass is 212 g/mol. The molecule has 0 aliphatic heterocycles. The van der Waals surface area contributed by atoms with Gasteiger partial charge in [-0.05, 0) is 25.1 Å². The zero-order valence-corrected chi connectivity index (χ0v) is 8.33. The summed E-state index contributed by atoms with van der Waals surface area (Å²) in [4.78, 5) is 11.4. The molecule has 1 atom stereocenters. The highest BCUT2D eigenvalue weighted by molar-refractivity contribution is 5.94. The van der Waals surface area contributed by atoms with E-state index in [0.717, 1.165) is 6.07 Å². The highest BCUT2D eigenvalue weighted by atomic mass is 19.1. The van der Waals surface area contributed by atoms with Gasteiger partial charge in [0.15, 0.2) is 0 Å². The zero-order chi connectivity index (χ0) is 11.4. The van der Waals surface area contributed by atoms with Crippen LogP contribution in [0.3, 0.4) is 0 Å². The third-order valence-electron chi connectivity index (χ3n) is 1.82. The topological polar surface area (TPSA) is 75.3 Å². The van der Waals surface area contributed by atoms with E-state index in [2.05, 4.69) is 5.32 Å². The van der Waals surface area contributed by atoms with E-state index in [1.54, 1.807) is 6.92 Å².